The van der Waals surface area contributed by atoms with Gasteiger partial charge in [-0.1, -0.05) is 32.1 Å². The number of nitrogen functional groups attached to an aromatic ring is 1. The Balaban J connectivity index is 2.09. The molecular formula is C14H24N4O2S. The summed E-state index contributed by atoms with van der Waals surface area (Å²) >= 11 is 1.35. The van der Waals surface area contributed by atoms with Crippen molar-refractivity contribution in [2.75, 3.05) is 36.9 Å². The summed E-state index contributed by atoms with van der Waals surface area (Å²) < 4.78 is 5.32. The van der Waals surface area contributed by atoms with Crippen molar-refractivity contribution in [3.05, 3.63) is 4.88 Å². The number of nitrogens with one attached hydrogen (secondary N) is 1. The molecule has 0 saturated carbocycles. The zero-order valence-electron chi connectivity index (χ0n) is 13.1. The molecular weight excluding hydrogens is 288 g/mol. The van der Waals surface area contributed by atoms with Crippen LogP contribution in [0.1, 0.15) is 37.4 Å². The number of hydrogen-bond donors (Lipinski definition) is 2. The van der Waals surface area contributed by atoms with Crippen LogP contribution >= 0.6 is 11.3 Å². The highest BCUT2D eigenvalue weighted by Crippen LogP contribution is 2.29. The summed E-state index contributed by atoms with van der Waals surface area (Å²) in [5.74, 6) is 0.159. The summed E-state index contributed by atoms with van der Waals surface area (Å²) in [5.41, 5.74) is 5.92. The number of carbonyl (C=O) groups excluding carboxylic acids is 1. The van der Waals surface area contributed by atoms with E-state index in [-0.39, 0.29) is 17.4 Å². The summed E-state index contributed by atoms with van der Waals surface area (Å²) in [4.78, 5) is 19.3. The molecule has 1 aromatic heterocycles. The SMILES string of the molecule is CC(NC(=O)c1sc(N2CCOCC2)nc1N)C(C)(C)C. The number of aromatic nitrogens is 1. The number of thiazole rings is 1. The predicted molar refractivity (Wildman–Crippen MR) is 85.9 cm³/mol. The lowest BCUT2D eigenvalue weighted by Crippen LogP contribution is -2.41. The first kappa shape index (κ1) is 16.0. The molecule has 0 radical (unpaired) electrons. The van der Waals surface area contributed by atoms with Crippen LogP contribution in [-0.2, 0) is 4.74 Å². The van der Waals surface area contributed by atoms with Crippen molar-refractivity contribution in [2.24, 2.45) is 5.41 Å². The second-order valence-electron chi connectivity index (χ2n) is 6.37. The molecule has 1 saturated heterocycles. The molecule has 118 valence electrons. The minimum Gasteiger partial charge on any atom is -0.382 e. The molecule has 3 N–H and O–H groups in total. The zero-order valence-corrected chi connectivity index (χ0v) is 13.9. The van der Waals surface area contributed by atoms with Gasteiger partial charge in [0.1, 0.15) is 10.7 Å². The Morgan fingerprint density at radius 1 is 1.43 bits per heavy atom. The molecule has 1 unspecified atom stereocenters. The van der Waals surface area contributed by atoms with E-state index in [1.54, 1.807) is 0 Å². The smallest absolute Gasteiger partial charge is 0.265 e. The molecule has 1 atom stereocenters. The van der Waals surface area contributed by atoms with Gasteiger partial charge in [0.05, 0.1) is 13.2 Å². The largest absolute Gasteiger partial charge is 0.382 e. The lowest BCUT2D eigenvalue weighted by atomic mass is 9.88. The first-order chi connectivity index (χ1) is 9.79. The maximum atomic E-state index is 12.4. The predicted octanol–water partition coefficient (Wildman–Crippen LogP) is 1.73. The molecule has 0 spiro atoms. The van der Waals surface area contributed by atoms with E-state index in [1.807, 2.05) is 6.92 Å². The highest BCUT2D eigenvalue weighted by atomic mass is 32.1. The molecule has 0 aromatic carbocycles. The summed E-state index contributed by atoms with van der Waals surface area (Å²) in [6.45, 7) is 11.2. The zero-order chi connectivity index (χ0) is 15.6. The monoisotopic (exact) mass is 312 g/mol. The molecule has 1 aliphatic heterocycles. The van der Waals surface area contributed by atoms with Crippen LogP contribution in [-0.4, -0.2) is 43.2 Å². The van der Waals surface area contributed by atoms with Crippen molar-refractivity contribution in [2.45, 2.75) is 33.7 Å². The maximum absolute atomic E-state index is 12.4. The van der Waals surface area contributed by atoms with Crippen molar-refractivity contribution in [3.8, 4) is 0 Å². The van der Waals surface area contributed by atoms with Gasteiger partial charge in [-0.2, -0.15) is 0 Å². The molecule has 6 nitrogen and oxygen atoms in total. The molecule has 1 aliphatic rings. The molecule has 1 amide bonds. The third-order valence-corrected chi connectivity index (χ3v) is 4.91. The van der Waals surface area contributed by atoms with E-state index < -0.39 is 0 Å². The van der Waals surface area contributed by atoms with Gasteiger partial charge in [-0.05, 0) is 12.3 Å². The Morgan fingerprint density at radius 3 is 2.62 bits per heavy atom. The molecule has 2 heterocycles. The van der Waals surface area contributed by atoms with Crippen LogP contribution in [0.15, 0.2) is 0 Å². The number of nitrogens with two attached hydrogens (primary N) is 1. The van der Waals surface area contributed by atoms with Gasteiger partial charge in [0.15, 0.2) is 5.13 Å². The topological polar surface area (TPSA) is 80.5 Å². The second kappa shape index (κ2) is 6.19. The summed E-state index contributed by atoms with van der Waals surface area (Å²) in [6.07, 6.45) is 0. The van der Waals surface area contributed by atoms with Crippen molar-refractivity contribution >= 4 is 28.2 Å². The minimum atomic E-state index is -0.146. The van der Waals surface area contributed by atoms with Crippen molar-refractivity contribution in [3.63, 3.8) is 0 Å². The second-order valence-corrected chi connectivity index (χ2v) is 7.35. The average molecular weight is 312 g/mol. The number of carbonyl (C=O) groups is 1. The number of rotatable bonds is 3. The Hall–Kier alpha value is -1.34. The third-order valence-electron chi connectivity index (χ3n) is 3.78. The summed E-state index contributed by atoms with van der Waals surface area (Å²) in [7, 11) is 0. The molecule has 0 bridgehead atoms. The van der Waals surface area contributed by atoms with E-state index in [0.29, 0.717) is 23.9 Å². The number of hydrogen-bond acceptors (Lipinski definition) is 6. The van der Waals surface area contributed by atoms with Gasteiger partial charge in [-0.25, -0.2) is 4.98 Å². The van der Waals surface area contributed by atoms with Gasteiger partial charge >= 0.3 is 0 Å². The van der Waals surface area contributed by atoms with Crippen LogP contribution in [0, 0.1) is 5.41 Å². The number of anilines is 2. The molecule has 2 rings (SSSR count). The van der Waals surface area contributed by atoms with Crippen LogP contribution in [0.2, 0.25) is 0 Å². The Kier molecular flexibility index (Phi) is 4.73. The number of morpholine rings is 1. The maximum Gasteiger partial charge on any atom is 0.265 e. The molecule has 1 aromatic rings. The fourth-order valence-corrected chi connectivity index (χ4v) is 2.79. The van der Waals surface area contributed by atoms with E-state index in [1.165, 1.54) is 11.3 Å². The van der Waals surface area contributed by atoms with Crippen LogP contribution < -0.4 is 16.0 Å². The van der Waals surface area contributed by atoms with Crippen LogP contribution in [0.25, 0.3) is 0 Å². The Labute approximate surface area is 129 Å². The van der Waals surface area contributed by atoms with Gasteiger partial charge in [0, 0.05) is 19.1 Å². The quantitative estimate of drug-likeness (QED) is 0.888. The highest BCUT2D eigenvalue weighted by molar-refractivity contribution is 7.18. The van der Waals surface area contributed by atoms with Crippen molar-refractivity contribution in [1.29, 1.82) is 0 Å². The normalized spacial score (nSPS) is 17.6. The van der Waals surface area contributed by atoms with Gasteiger partial charge in [0.25, 0.3) is 5.91 Å². The Bertz CT molecular complexity index is 504. The minimum absolute atomic E-state index is 0.00213. The van der Waals surface area contributed by atoms with Crippen molar-refractivity contribution < 1.29 is 9.53 Å². The van der Waals surface area contributed by atoms with Gasteiger partial charge in [0.2, 0.25) is 0 Å². The first-order valence-electron chi connectivity index (χ1n) is 7.19. The molecule has 0 aliphatic carbocycles. The number of nitrogens with zero attached hydrogens (tertiary/aromatic N) is 2. The van der Waals surface area contributed by atoms with Crippen molar-refractivity contribution in [1.82, 2.24) is 10.3 Å². The van der Waals surface area contributed by atoms with E-state index >= 15 is 0 Å². The third kappa shape index (κ3) is 3.85. The Morgan fingerprint density at radius 2 is 2.05 bits per heavy atom. The van der Waals surface area contributed by atoms with Crippen LogP contribution in [0.5, 0.6) is 0 Å². The van der Waals surface area contributed by atoms with Crippen LogP contribution in [0.4, 0.5) is 10.9 Å². The van der Waals surface area contributed by atoms with E-state index in [2.05, 4.69) is 36.0 Å². The summed E-state index contributed by atoms with van der Waals surface area (Å²) in [5, 5.41) is 3.80. The van der Waals surface area contributed by atoms with Crippen LogP contribution in [0.3, 0.4) is 0 Å². The lowest BCUT2D eigenvalue weighted by molar-refractivity contribution is 0.0915. The standard InChI is InChI=1S/C14H24N4O2S/c1-9(14(2,3)4)16-12(19)10-11(15)17-13(21-10)18-5-7-20-8-6-18/h9H,5-8,15H2,1-4H3,(H,16,19). The molecule has 21 heavy (non-hydrogen) atoms. The summed E-state index contributed by atoms with van der Waals surface area (Å²) in [6, 6.07) is 0.0540. The molecule has 1 fully saturated rings. The number of amides is 1. The van der Waals surface area contributed by atoms with E-state index in [4.69, 9.17) is 10.5 Å². The molecule has 7 heteroatoms. The van der Waals surface area contributed by atoms with E-state index in [9.17, 15) is 4.79 Å². The average Bonchev–Trinajstić information content (AvgIpc) is 2.81. The fraction of sp³-hybridized carbons (Fsp3) is 0.714. The van der Waals surface area contributed by atoms with Gasteiger partial charge in [-0.15, -0.1) is 0 Å². The first-order valence-corrected chi connectivity index (χ1v) is 8.00. The number of ether oxygens (including phenoxy) is 1. The highest BCUT2D eigenvalue weighted by Gasteiger charge is 2.26. The fourth-order valence-electron chi connectivity index (χ4n) is 1.85. The lowest BCUT2D eigenvalue weighted by Gasteiger charge is -2.27. The van der Waals surface area contributed by atoms with E-state index in [0.717, 1.165) is 18.2 Å². The van der Waals surface area contributed by atoms with Gasteiger partial charge < -0.3 is 20.7 Å². The van der Waals surface area contributed by atoms with Gasteiger partial charge in [-0.3, -0.25) is 4.79 Å².